The van der Waals surface area contributed by atoms with E-state index in [1.54, 1.807) is 31.2 Å². The highest BCUT2D eigenvalue weighted by molar-refractivity contribution is 7.86. The summed E-state index contributed by atoms with van der Waals surface area (Å²) in [4.78, 5) is 11.1. The first-order valence-corrected chi connectivity index (χ1v) is 9.19. The minimum absolute atomic E-state index is 0.151. The Bertz CT molecular complexity index is 886. The Morgan fingerprint density at radius 2 is 1.72 bits per heavy atom. The third kappa shape index (κ3) is 5.04. The number of unbranched alkanes of at least 4 members (excludes halogenated alkanes) is 1. The summed E-state index contributed by atoms with van der Waals surface area (Å²) < 4.78 is 42.9. The van der Waals surface area contributed by atoms with E-state index in [1.165, 1.54) is 12.1 Å². The number of esters is 1. The van der Waals surface area contributed by atoms with Gasteiger partial charge in [0.2, 0.25) is 0 Å². The van der Waals surface area contributed by atoms with Gasteiger partial charge in [0.1, 0.15) is 10.6 Å². The molecule has 2 aromatic rings. The number of hydrogen-bond acceptors (Lipinski definition) is 5. The molecule has 0 spiro atoms. The number of carbonyl (C=O) groups excluding carboxylic acids is 1. The van der Waals surface area contributed by atoms with Crippen molar-refractivity contribution in [3.8, 4) is 5.75 Å². The highest BCUT2D eigenvalue weighted by Crippen LogP contribution is 2.31. The van der Waals surface area contributed by atoms with Gasteiger partial charge in [0.05, 0.1) is 13.2 Å². The molecule has 0 heterocycles. The largest absolute Gasteiger partial charge is 0.493 e. The quantitative estimate of drug-likeness (QED) is 0.334. The van der Waals surface area contributed by atoms with Gasteiger partial charge in [-0.25, -0.2) is 4.79 Å². The molecule has 0 aliphatic carbocycles. The fourth-order valence-electron chi connectivity index (χ4n) is 2.27. The molecule has 0 unspecified atom stereocenters. The average molecular weight is 364 g/mol. The van der Waals surface area contributed by atoms with Gasteiger partial charge in [-0.3, -0.25) is 4.55 Å². The Labute approximate surface area is 146 Å². The lowest BCUT2D eigenvalue weighted by atomic mass is 10.1. The lowest BCUT2D eigenvalue weighted by molar-refractivity contribution is -0.139. The van der Waals surface area contributed by atoms with Crippen molar-refractivity contribution in [2.45, 2.75) is 24.7 Å². The normalized spacial score (nSPS) is 11.3. The molecule has 25 heavy (non-hydrogen) atoms. The maximum absolute atomic E-state index is 11.5. The predicted molar refractivity (Wildman–Crippen MR) is 94.3 cm³/mol. The fourth-order valence-corrected chi connectivity index (χ4v) is 2.96. The standard InChI is InChI=1S/C18H20O6S/c1-13(2)18(19)24-12-6-5-11-23-16-9-10-17(25(20,21)22)15-8-4-3-7-14(15)16/h3-4,7-10H,1,5-6,11-12H2,2H3,(H,20,21,22). The van der Waals surface area contributed by atoms with E-state index in [1.807, 2.05) is 0 Å². The number of fused-ring (bicyclic) bond motifs is 1. The molecule has 0 atom stereocenters. The zero-order valence-corrected chi connectivity index (χ0v) is 14.7. The monoisotopic (exact) mass is 364 g/mol. The van der Waals surface area contributed by atoms with Crippen LogP contribution in [0.5, 0.6) is 5.75 Å². The molecule has 0 amide bonds. The first kappa shape index (κ1) is 19.0. The Morgan fingerprint density at radius 1 is 1.08 bits per heavy atom. The van der Waals surface area contributed by atoms with Gasteiger partial charge in [-0.1, -0.05) is 30.8 Å². The summed E-state index contributed by atoms with van der Waals surface area (Å²) >= 11 is 0. The molecule has 0 saturated heterocycles. The Morgan fingerprint density at radius 3 is 2.36 bits per heavy atom. The minimum Gasteiger partial charge on any atom is -0.493 e. The van der Waals surface area contributed by atoms with Gasteiger partial charge >= 0.3 is 5.97 Å². The van der Waals surface area contributed by atoms with Crippen LogP contribution in [0.4, 0.5) is 0 Å². The van der Waals surface area contributed by atoms with E-state index >= 15 is 0 Å². The molecule has 0 aliphatic rings. The van der Waals surface area contributed by atoms with Gasteiger partial charge in [0.25, 0.3) is 10.1 Å². The van der Waals surface area contributed by atoms with E-state index in [4.69, 9.17) is 9.47 Å². The van der Waals surface area contributed by atoms with Crippen molar-refractivity contribution >= 4 is 26.9 Å². The lowest BCUT2D eigenvalue weighted by Crippen LogP contribution is -2.07. The Kier molecular flexibility index (Phi) is 6.17. The summed E-state index contributed by atoms with van der Waals surface area (Å²) in [5.74, 6) is 0.120. The maximum Gasteiger partial charge on any atom is 0.333 e. The SMILES string of the molecule is C=C(C)C(=O)OCCCCOc1ccc(S(=O)(=O)O)c2ccccc12. The predicted octanol–water partition coefficient (Wildman–Crippen LogP) is 3.36. The molecule has 1 N–H and O–H groups in total. The topological polar surface area (TPSA) is 89.9 Å². The summed E-state index contributed by atoms with van der Waals surface area (Å²) in [5, 5.41) is 1.00. The third-order valence-electron chi connectivity index (χ3n) is 3.50. The summed E-state index contributed by atoms with van der Waals surface area (Å²) in [6.45, 7) is 5.77. The van der Waals surface area contributed by atoms with Crippen LogP contribution in [-0.2, 0) is 19.6 Å². The van der Waals surface area contributed by atoms with Gasteiger partial charge in [0.15, 0.2) is 0 Å². The zero-order chi connectivity index (χ0) is 18.4. The van der Waals surface area contributed by atoms with Crippen molar-refractivity contribution in [2.24, 2.45) is 0 Å². The number of benzene rings is 2. The third-order valence-corrected chi connectivity index (χ3v) is 4.41. The molecular formula is C18H20O6S. The van der Waals surface area contributed by atoms with Crippen LogP contribution in [-0.4, -0.2) is 32.2 Å². The lowest BCUT2D eigenvalue weighted by Gasteiger charge is -2.11. The first-order chi connectivity index (χ1) is 11.8. The van der Waals surface area contributed by atoms with E-state index in [2.05, 4.69) is 6.58 Å². The van der Waals surface area contributed by atoms with Crippen LogP contribution in [0.1, 0.15) is 19.8 Å². The van der Waals surface area contributed by atoms with Crippen molar-refractivity contribution in [3.63, 3.8) is 0 Å². The van der Waals surface area contributed by atoms with Crippen LogP contribution in [0.15, 0.2) is 53.4 Å². The molecule has 0 bridgehead atoms. The number of rotatable bonds is 8. The molecular weight excluding hydrogens is 344 g/mol. The van der Waals surface area contributed by atoms with Gasteiger partial charge in [0, 0.05) is 16.3 Å². The maximum atomic E-state index is 11.5. The molecule has 0 saturated carbocycles. The van der Waals surface area contributed by atoms with Gasteiger partial charge < -0.3 is 9.47 Å². The van der Waals surface area contributed by atoms with Gasteiger partial charge in [-0.15, -0.1) is 0 Å². The molecule has 7 heteroatoms. The minimum atomic E-state index is -4.31. The van der Waals surface area contributed by atoms with E-state index < -0.39 is 16.1 Å². The molecule has 134 valence electrons. The van der Waals surface area contributed by atoms with Crippen molar-refractivity contribution < 1.29 is 27.2 Å². The van der Waals surface area contributed by atoms with Crippen LogP contribution in [0, 0.1) is 0 Å². The van der Waals surface area contributed by atoms with Crippen LogP contribution in [0.3, 0.4) is 0 Å². The summed E-state index contributed by atoms with van der Waals surface area (Å²) in [5.41, 5.74) is 0.363. The fraction of sp³-hybridized carbons (Fsp3) is 0.278. The summed E-state index contributed by atoms with van der Waals surface area (Å²) in [6, 6.07) is 9.64. The van der Waals surface area contributed by atoms with Crippen molar-refractivity contribution in [2.75, 3.05) is 13.2 Å². The van der Waals surface area contributed by atoms with E-state index in [0.29, 0.717) is 41.5 Å². The second-order valence-electron chi connectivity index (χ2n) is 5.55. The molecule has 0 aliphatic heterocycles. The summed E-state index contributed by atoms with van der Waals surface area (Å²) in [7, 11) is -4.31. The Balaban J connectivity index is 1.99. The van der Waals surface area contributed by atoms with Gasteiger partial charge in [-0.2, -0.15) is 8.42 Å². The smallest absolute Gasteiger partial charge is 0.333 e. The van der Waals surface area contributed by atoms with Crippen LogP contribution in [0.25, 0.3) is 10.8 Å². The second-order valence-corrected chi connectivity index (χ2v) is 6.94. The molecule has 0 fully saturated rings. The number of ether oxygens (including phenoxy) is 2. The molecule has 0 aromatic heterocycles. The first-order valence-electron chi connectivity index (χ1n) is 7.75. The molecule has 2 aromatic carbocycles. The van der Waals surface area contributed by atoms with Crippen LogP contribution < -0.4 is 4.74 Å². The summed E-state index contributed by atoms with van der Waals surface area (Å²) in [6.07, 6.45) is 1.30. The van der Waals surface area contributed by atoms with Gasteiger partial charge in [-0.05, 0) is 31.9 Å². The number of hydrogen-bond donors (Lipinski definition) is 1. The zero-order valence-electron chi connectivity index (χ0n) is 13.9. The van der Waals surface area contributed by atoms with E-state index in [9.17, 15) is 17.8 Å². The average Bonchev–Trinajstić information content (AvgIpc) is 2.56. The van der Waals surface area contributed by atoms with E-state index in [0.717, 1.165) is 0 Å². The van der Waals surface area contributed by atoms with Crippen molar-refractivity contribution in [1.82, 2.24) is 0 Å². The number of carbonyl (C=O) groups is 1. The van der Waals surface area contributed by atoms with Crippen molar-refractivity contribution in [3.05, 3.63) is 48.6 Å². The Hall–Kier alpha value is -2.38. The molecule has 2 rings (SSSR count). The van der Waals surface area contributed by atoms with Crippen LogP contribution >= 0.6 is 0 Å². The van der Waals surface area contributed by atoms with Crippen LogP contribution in [0.2, 0.25) is 0 Å². The molecule has 0 radical (unpaired) electrons. The highest BCUT2D eigenvalue weighted by Gasteiger charge is 2.16. The molecule has 6 nitrogen and oxygen atoms in total. The van der Waals surface area contributed by atoms with E-state index in [-0.39, 0.29) is 11.5 Å². The highest BCUT2D eigenvalue weighted by atomic mass is 32.2. The van der Waals surface area contributed by atoms with Crippen molar-refractivity contribution in [1.29, 1.82) is 0 Å². The second kappa shape index (κ2) is 8.13.